The van der Waals surface area contributed by atoms with Gasteiger partial charge in [-0.05, 0) is 24.3 Å². The van der Waals surface area contributed by atoms with Gasteiger partial charge in [0.1, 0.15) is 17.9 Å². The summed E-state index contributed by atoms with van der Waals surface area (Å²) < 4.78 is 9.16. The van der Waals surface area contributed by atoms with Crippen molar-refractivity contribution in [2.45, 2.75) is 26.4 Å². The molecule has 150 valence electrons. The maximum atomic E-state index is 5.97. The van der Waals surface area contributed by atoms with Crippen LogP contribution in [0.2, 0.25) is 0 Å². The van der Waals surface area contributed by atoms with Crippen molar-refractivity contribution in [3.05, 3.63) is 54.3 Å². The molecule has 4 rings (SSSR count). The lowest BCUT2D eigenvalue weighted by molar-refractivity contribution is 0.513. The van der Waals surface area contributed by atoms with Gasteiger partial charge in [0.15, 0.2) is 16.7 Å². The molecule has 3 heterocycles. The van der Waals surface area contributed by atoms with E-state index in [1.807, 2.05) is 34.9 Å². The molecule has 3 aromatic heterocycles. The van der Waals surface area contributed by atoms with Gasteiger partial charge >= 0.3 is 0 Å². The average Bonchev–Trinajstić information content (AvgIpc) is 3.49. The van der Waals surface area contributed by atoms with E-state index in [-0.39, 0.29) is 0 Å². The predicted octanol–water partition coefficient (Wildman–Crippen LogP) is 3.08. The lowest BCUT2D eigenvalue weighted by atomic mass is 10.3. The van der Waals surface area contributed by atoms with Crippen LogP contribution in [0.5, 0.6) is 0 Å². The standard InChI is InChI=1S/C20H23N7OS/c1-3-18-26-24-13-27(18)11-10-22-20(21-2)23-12-14-8-9-16(28-14)19-25-15-6-4-5-7-17(15)29-19/h4-9,13H,3,10-12H2,1-2H3,(H2,21,22,23). The van der Waals surface area contributed by atoms with Gasteiger partial charge in [0.2, 0.25) is 0 Å². The molecule has 0 aliphatic heterocycles. The van der Waals surface area contributed by atoms with Gasteiger partial charge in [-0.25, -0.2) is 4.98 Å². The first kappa shape index (κ1) is 19.1. The number of aromatic nitrogens is 4. The zero-order chi connectivity index (χ0) is 20.1. The molecule has 2 N–H and O–H groups in total. The van der Waals surface area contributed by atoms with Crippen molar-refractivity contribution in [3.63, 3.8) is 0 Å². The highest BCUT2D eigenvalue weighted by atomic mass is 32.1. The Kier molecular flexibility index (Phi) is 5.85. The largest absolute Gasteiger partial charge is 0.457 e. The Morgan fingerprint density at radius 2 is 2.10 bits per heavy atom. The fourth-order valence-corrected chi connectivity index (χ4v) is 3.92. The van der Waals surface area contributed by atoms with E-state index in [1.54, 1.807) is 24.7 Å². The number of aliphatic imine (C=N–C) groups is 1. The van der Waals surface area contributed by atoms with Crippen molar-refractivity contribution in [3.8, 4) is 10.8 Å². The molecule has 1 aromatic carbocycles. The number of fused-ring (bicyclic) bond motifs is 1. The number of rotatable bonds is 7. The Hall–Kier alpha value is -3.20. The highest BCUT2D eigenvalue weighted by molar-refractivity contribution is 7.21. The van der Waals surface area contributed by atoms with Crippen LogP contribution in [-0.4, -0.2) is 39.3 Å². The lowest BCUT2D eigenvalue weighted by Gasteiger charge is -2.11. The molecular formula is C20H23N7OS. The maximum absolute atomic E-state index is 5.97. The van der Waals surface area contributed by atoms with Gasteiger partial charge in [0.25, 0.3) is 0 Å². The zero-order valence-electron chi connectivity index (χ0n) is 16.4. The fourth-order valence-electron chi connectivity index (χ4n) is 2.99. The van der Waals surface area contributed by atoms with Crippen LogP contribution in [0.15, 0.2) is 52.1 Å². The first-order chi connectivity index (χ1) is 14.3. The number of benzene rings is 1. The molecule has 29 heavy (non-hydrogen) atoms. The van der Waals surface area contributed by atoms with Crippen LogP contribution in [0.1, 0.15) is 18.5 Å². The van der Waals surface area contributed by atoms with Crippen LogP contribution >= 0.6 is 11.3 Å². The van der Waals surface area contributed by atoms with Gasteiger partial charge in [-0.3, -0.25) is 4.99 Å². The van der Waals surface area contributed by atoms with E-state index in [0.717, 1.165) is 52.1 Å². The van der Waals surface area contributed by atoms with E-state index in [0.29, 0.717) is 12.5 Å². The summed E-state index contributed by atoms with van der Waals surface area (Å²) in [6.45, 7) is 4.11. The Morgan fingerprint density at radius 3 is 2.93 bits per heavy atom. The minimum absolute atomic E-state index is 0.539. The lowest BCUT2D eigenvalue weighted by Crippen LogP contribution is -2.38. The van der Waals surface area contributed by atoms with Gasteiger partial charge in [-0.1, -0.05) is 19.1 Å². The summed E-state index contributed by atoms with van der Waals surface area (Å²) in [4.78, 5) is 8.90. The molecule has 0 unspecified atom stereocenters. The third-order valence-corrected chi connectivity index (χ3v) is 5.53. The molecule has 0 amide bonds. The third kappa shape index (κ3) is 4.45. The van der Waals surface area contributed by atoms with Crippen LogP contribution in [0, 0.1) is 0 Å². The van der Waals surface area contributed by atoms with Gasteiger partial charge < -0.3 is 19.6 Å². The molecule has 0 saturated carbocycles. The Balaban J connectivity index is 1.31. The van der Waals surface area contributed by atoms with E-state index in [2.05, 4.69) is 43.8 Å². The minimum atomic E-state index is 0.539. The highest BCUT2D eigenvalue weighted by Crippen LogP contribution is 2.31. The molecule has 0 fully saturated rings. The SMILES string of the molecule is CCc1nncn1CCNC(=NC)NCc1ccc(-c2nc3ccccc3s2)o1. The van der Waals surface area contributed by atoms with Gasteiger partial charge in [0, 0.05) is 26.6 Å². The van der Waals surface area contributed by atoms with Crippen LogP contribution in [0.25, 0.3) is 21.0 Å². The van der Waals surface area contributed by atoms with Crippen LogP contribution in [0.3, 0.4) is 0 Å². The summed E-state index contributed by atoms with van der Waals surface area (Å²) in [6.07, 6.45) is 2.62. The molecule has 9 heteroatoms. The predicted molar refractivity (Wildman–Crippen MR) is 115 cm³/mol. The van der Waals surface area contributed by atoms with Crippen molar-refractivity contribution in [1.29, 1.82) is 0 Å². The summed E-state index contributed by atoms with van der Waals surface area (Å²) >= 11 is 1.63. The normalized spacial score (nSPS) is 11.9. The van der Waals surface area contributed by atoms with Crippen molar-refractivity contribution >= 4 is 27.5 Å². The number of nitrogens with one attached hydrogen (secondary N) is 2. The monoisotopic (exact) mass is 409 g/mol. The fraction of sp³-hybridized carbons (Fsp3) is 0.300. The number of aryl methyl sites for hydroxylation is 1. The van der Waals surface area contributed by atoms with Crippen LogP contribution in [0.4, 0.5) is 0 Å². The van der Waals surface area contributed by atoms with Crippen molar-refractivity contribution in [1.82, 2.24) is 30.4 Å². The summed E-state index contributed by atoms with van der Waals surface area (Å²) in [6, 6.07) is 12.0. The number of guanidine groups is 1. The maximum Gasteiger partial charge on any atom is 0.191 e. The molecule has 0 radical (unpaired) electrons. The van der Waals surface area contributed by atoms with Crippen LogP contribution < -0.4 is 10.6 Å². The second kappa shape index (κ2) is 8.87. The number of hydrogen-bond donors (Lipinski definition) is 2. The number of hydrogen-bond acceptors (Lipinski definition) is 6. The molecular weight excluding hydrogens is 386 g/mol. The number of para-hydroxylation sites is 1. The van der Waals surface area contributed by atoms with Gasteiger partial charge in [-0.2, -0.15) is 0 Å². The molecule has 0 bridgehead atoms. The molecule has 8 nitrogen and oxygen atoms in total. The molecule has 0 atom stereocenters. The minimum Gasteiger partial charge on any atom is -0.457 e. The molecule has 0 aliphatic carbocycles. The second-order valence-corrected chi connectivity index (χ2v) is 7.43. The Morgan fingerprint density at radius 1 is 1.21 bits per heavy atom. The molecule has 4 aromatic rings. The molecule has 0 aliphatic rings. The third-order valence-electron chi connectivity index (χ3n) is 4.48. The first-order valence-corrected chi connectivity index (χ1v) is 10.3. The van der Waals surface area contributed by atoms with Crippen molar-refractivity contribution in [2.24, 2.45) is 4.99 Å². The summed E-state index contributed by atoms with van der Waals surface area (Å²) in [5, 5.41) is 15.5. The van der Waals surface area contributed by atoms with Crippen molar-refractivity contribution in [2.75, 3.05) is 13.6 Å². The summed E-state index contributed by atoms with van der Waals surface area (Å²) in [5.74, 6) is 3.31. The van der Waals surface area contributed by atoms with Crippen molar-refractivity contribution < 1.29 is 4.42 Å². The topological polar surface area (TPSA) is 93.2 Å². The second-order valence-electron chi connectivity index (χ2n) is 6.40. The average molecular weight is 410 g/mol. The summed E-state index contributed by atoms with van der Waals surface area (Å²) in [7, 11) is 1.75. The van der Waals surface area contributed by atoms with E-state index < -0.39 is 0 Å². The Labute approximate surface area is 172 Å². The number of furan rings is 1. The Bertz CT molecular complexity index is 1080. The van der Waals surface area contributed by atoms with E-state index in [9.17, 15) is 0 Å². The van der Waals surface area contributed by atoms with E-state index >= 15 is 0 Å². The van der Waals surface area contributed by atoms with Crippen LogP contribution in [-0.2, 0) is 19.5 Å². The zero-order valence-corrected chi connectivity index (χ0v) is 17.2. The molecule has 0 spiro atoms. The van der Waals surface area contributed by atoms with Gasteiger partial charge in [-0.15, -0.1) is 21.5 Å². The van der Waals surface area contributed by atoms with E-state index in [4.69, 9.17) is 4.42 Å². The van der Waals surface area contributed by atoms with Gasteiger partial charge in [0.05, 0.1) is 16.8 Å². The smallest absolute Gasteiger partial charge is 0.191 e. The quantitative estimate of drug-likeness (QED) is 0.360. The number of nitrogens with zero attached hydrogens (tertiary/aromatic N) is 5. The molecule has 0 saturated heterocycles. The van der Waals surface area contributed by atoms with E-state index in [1.165, 1.54) is 0 Å². The highest BCUT2D eigenvalue weighted by Gasteiger charge is 2.11. The number of thiazole rings is 1. The summed E-state index contributed by atoms with van der Waals surface area (Å²) in [5.41, 5.74) is 0.993. The first-order valence-electron chi connectivity index (χ1n) is 9.52.